The summed E-state index contributed by atoms with van der Waals surface area (Å²) in [5.74, 6) is -2.18. The zero-order valence-corrected chi connectivity index (χ0v) is 12.1. The molecular weight excluding hydrogens is 274 g/mol. The molecule has 0 aliphatic heterocycles. The first-order chi connectivity index (χ1) is 9.79. The number of benzene rings is 2. The lowest BCUT2D eigenvalue weighted by Crippen LogP contribution is -2.16. The van der Waals surface area contributed by atoms with Gasteiger partial charge in [0.2, 0.25) is 0 Å². The molecular formula is C16H16F2N2O. The first kappa shape index (κ1) is 15.0. The maximum absolute atomic E-state index is 13.7. The second-order valence-electron chi connectivity index (χ2n) is 5.07. The van der Waals surface area contributed by atoms with Crippen molar-refractivity contribution in [3.63, 3.8) is 0 Å². The SMILES string of the molecule is Cc1cc(C(=O)Nc2c(C)cc(N)cc2C)c(F)cc1F. The first-order valence-corrected chi connectivity index (χ1v) is 6.43. The predicted octanol–water partition coefficient (Wildman–Crippen LogP) is 3.72. The fourth-order valence-electron chi connectivity index (χ4n) is 2.21. The number of hydrogen-bond acceptors (Lipinski definition) is 2. The third-order valence-corrected chi connectivity index (χ3v) is 3.29. The number of carbonyl (C=O) groups is 1. The summed E-state index contributed by atoms with van der Waals surface area (Å²) < 4.78 is 27.0. The number of nitrogen functional groups attached to an aromatic ring is 1. The van der Waals surface area contributed by atoms with Crippen molar-refractivity contribution < 1.29 is 13.6 Å². The lowest BCUT2D eigenvalue weighted by molar-refractivity contribution is 0.102. The van der Waals surface area contributed by atoms with Crippen molar-refractivity contribution in [2.75, 3.05) is 11.1 Å². The van der Waals surface area contributed by atoms with Crippen LogP contribution in [0.4, 0.5) is 20.2 Å². The minimum absolute atomic E-state index is 0.190. The van der Waals surface area contributed by atoms with Crippen molar-refractivity contribution in [3.8, 4) is 0 Å². The van der Waals surface area contributed by atoms with E-state index in [1.54, 1.807) is 26.0 Å². The van der Waals surface area contributed by atoms with Crippen LogP contribution in [0, 0.1) is 32.4 Å². The third kappa shape index (κ3) is 3.02. The maximum Gasteiger partial charge on any atom is 0.258 e. The summed E-state index contributed by atoms with van der Waals surface area (Å²) >= 11 is 0. The van der Waals surface area contributed by atoms with Crippen molar-refractivity contribution in [1.29, 1.82) is 0 Å². The Hall–Kier alpha value is -2.43. The Morgan fingerprint density at radius 2 is 1.52 bits per heavy atom. The largest absolute Gasteiger partial charge is 0.399 e. The molecule has 0 spiro atoms. The van der Waals surface area contributed by atoms with Crippen LogP contribution in [0.5, 0.6) is 0 Å². The number of halogens is 2. The number of amides is 1. The number of carbonyl (C=O) groups excluding carboxylic acids is 1. The molecule has 0 saturated carbocycles. The van der Waals surface area contributed by atoms with Gasteiger partial charge in [-0.1, -0.05) is 0 Å². The quantitative estimate of drug-likeness (QED) is 0.828. The molecule has 1 amide bonds. The normalized spacial score (nSPS) is 10.5. The summed E-state index contributed by atoms with van der Waals surface area (Å²) in [7, 11) is 0. The van der Waals surface area contributed by atoms with E-state index < -0.39 is 17.5 Å². The molecule has 0 unspecified atom stereocenters. The van der Waals surface area contributed by atoms with E-state index in [4.69, 9.17) is 5.73 Å². The molecule has 21 heavy (non-hydrogen) atoms. The van der Waals surface area contributed by atoms with Gasteiger partial charge in [-0.25, -0.2) is 8.78 Å². The second kappa shape index (κ2) is 5.52. The maximum atomic E-state index is 13.7. The van der Waals surface area contributed by atoms with E-state index in [0.29, 0.717) is 17.4 Å². The van der Waals surface area contributed by atoms with Gasteiger partial charge in [0.1, 0.15) is 11.6 Å². The van der Waals surface area contributed by atoms with Gasteiger partial charge in [-0.2, -0.15) is 0 Å². The molecule has 0 aromatic heterocycles. The number of aryl methyl sites for hydroxylation is 3. The van der Waals surface area contributed by atoms with Gasteiger partial charge in [-0.15, -0.1) is 0 Å². The van der Waals surface area contributed by atoms with Crippen LogP contribution >= 0.6 is 0 Å². The lowest BCUT2D eigenvalue weighted by atomic mass is 10.1. The third-order valence-electron chi connectivity index (χ3n) is 3.29. The van der Waals surface area contributed by atoms with Gasteiger partial charge >= 0.3 is 0 Å². The number of anilines is 2. The highest BCUT2D eigenvalue weighted by molar-refractivity contribution is 6.05. The van der Waals surface area contributed by atoms with E-state index in [1.807, 2.05) is 0 Å². The van der Waals surface area contributed by atoms with Gasteiger partial charge < -0.3 is 11.1 Å². The van der Waals surface area contributed by atoms with Crippen LogP contribution in [0.3, 0.4) is 0 Å². The smallest absolute Gasteiger partial charge is 0.258 e. The van der Waals surface area contributed by atoms with Crippen LogP contribution in [-0.2, 0) is 0 Å². The van der Waals surface area contributed by atoms with Crippen molar-refractivity contribution in [3.05, 3.63) is 58.2 Å². The van der Waals surface area contributed by atoms with Crippen molar-refractivity contribution >= 4 is 17.3 Å². The van der Waals surface area contributed by atoms with E-state index in [2.05, 4.69) is 5.32 Å². The highest BCUT2D eigenvalue weighted by Crippen LogP contribution is 2.24. The zero-order chi connectivity index (χ0) is 15.7. The molecule has 0 aliphatic carbocycles. The van der Waals surface area contributed by atoms with Crippen LogP contribution in [0.1, 0.15) is 27.0 Å². The van der Waals surface area contributed by atoms with Crippen LogP contribution in [0.2, 0.25) is 0 Å². The van der Waals surface area contributed by atoms with Gasteiger partial charge in [0.25, 0.3) is 5.91 Å². The molecule has 0 aliphatic rings. The number of nitrogens with two attached hydrogens (primary N) is 1. The number of nitrogens with one attached hydrogen (secondary N) is 1. The van der Waals surface area contributed by atoms with Gasteiger partial charge in [-0.3, -0.25) is 4.79 Å². The summed E-state index contributed by atoms with van der Waals surface area (Å²) in [5.41, 5.74) is 8.47. The Kier molecular flexibility index (Phi) is 3.93. The molecule has 0 atom stereocenters. The van der Waals surface area contributed by atoms with E-state index >= 15 is 0 Å². The standard InChI is InChI=1S/C16H16F2N2O/c1-8-6-12(14(18)7-13(8)17)16(21)20-15-9(2)4-11(19)5-10(15)3/h4-7H,19H2,1-3H3,(H,20,21). The van der Waals surface area contributed by atoms with Crippen molar-refractivity contribution in [2.45, 2.75) is 20.8 Å². The van der Waals surface area contributed by atoms with Crippen LogP contribution in [0.15, 0.2) is 24.3 Å². The summed E-state index contributed by atoms with van der Waals surface area (Å²) in [5, 5.41) is 2.65. The van der Waals surface area contributed by atoms with E-state index in [9.17, 15) is 13.6 Å². The molecule has 2 aromatic rings. The lowest BCUT2D eigenvalue weighted by Gasteiger charge is -2.13. The molecule has 2 rings (SSSR count). The average Bonchev–Trinajstić information content (AvgIpc) is 2.37. The Labute approximate surface area is 121 Å². The summed E-state index contributed by atoms with van der Waals surface area (Å²) in [6, 6.07) is 5.35. The van der Waals surface area contributed by atoms with Crippen molar-refractivity contribution in [1.82, 2.24) is 0 Å². The second-order valence-corrected chi connectivity index (χ2v) is 5.07. The average molecular weight is 290 g/mol. The topological polar surface area (TPSA) is 55.1 Å². The van der Waals surface area contributed by atoms with Crippen LogP contribution < -0.4 is 11.1 Å². The van der Waals surface area contributed by atoms with Gasteiger partial charge in [-0.05, 0) is 55.7 Å². The van der Waals surface area contributed by atoms with Gasteiger partial charge in [0.05, 0.1) is 5.56 Å². The fourth-order valence-corrected chi connectivity index (χ4v) is 2.21. The summed E-state index contributed by atoms with van der Waals surface area (Å²) in [4.78, 5) is 12.2. The monoisotopic (exact) mass is 290 g/mol. The molecule has 2 aromatic carbocycles. The molecule has 3 N–H and O–H groups in total. The molecule has 0 saturated heterocycles. The Morgan fingerprint density at radius 3 is 2.10 bits per heavy atom. The first-order valence-electron chi connectivity index (χ1n) is 6.43. The van der Waals surface area contributed by atoms with E-state index in [0.717, 1.165) is 11.1 Å². The van der Waals surface area contributed by atoms with Gasteiger partial charge in [0.15, 0.2) is 0 Å². The summed E-state index contributed by atoms with van der Waals surface area (Å²) in [6.07, 6.45) is 0. The molecule has 5 heteroatoms. The minimum Gasteiger partial charge on any atom is -0.399 e. The molecule has 0 radical (unpaired) electrons. The number of rotatable bonds is 2. The highest BCUT2D eigenvalue weighted by Gasteiger charge is 2.16. The fraction of sp³-hybridized carbons (Fsp3) is 0.188. The Bertz CT molecular complexity index is 703. The van der Waals surface area contributed by atoms with E-state index in [1.165, 1.54) is 13.0 Å². The van der Waals surface area contributed by atoms with Crippen molar-refractivity contribution in [2.24, 2.45) is 0 Å². The minimum atomic E-state index is -0.888. The zero-order valence-electron chi connectivity index (χ0n) is 12.1. The number of hydrogen-bond donors (Lipinski definition) is 2. The molecule has 3 nitrogen and oxygen atoms in total. The molecule has 0 fully saturated rings. The highest BCUT2D eigenvalue weighted by atomic mass is 19.1. The van der Waals surface area contributed by atoms with Crippen LogP contribution in [0.25, 0.3) is 0 Å². The van der Waals surface area contributed by atoms with E-state index in [-0.39, 0.29) is 11.1 Å². The molecule has 110 valence electrons. The van der Waals surface area contributed by atoms with Gasteiger partial charge in [0, 0.05) is 17.4 Å². The molecule has 0 bridgehead atoms. The summed E-state index contributed by atoms with van der Waals surface area (Å²) in [6.45, 7) is 5.07. The Morgan fingerprint density at radius 1 is 0.952 bits per heavy atom. The Balaban J connectivity index is 2.37. The predicted molar refractivity (Wildman–Crippen MR) is 79.4 cm³/mol. The van der Waals surface area contributed by atoms with Crippen LogP contribution in [-0.4, -0.2) is 5.91 Å². The molecule has 0 heterocycles.